The Labute approximate surface area is 243 Å². The topological polar surface area (TPSA) is 126 Å². The third kappa shape index (κ3) is 6.47. The van der Waals surface area contributed by atoms with E-state index in [9.17, 15) is 18.0 Å². The number of nitrogens with zero attached hydrogens (tertiary/aromatic N) is 6. The molecule has 41 heavy (non-hydrogen) atoms. The summed E-state index contributed by atoms with van der Waals surface area (Å²) in [7, 11) is 2.09. The van der Waals surface area contributed by atoms with Crippen molar-refractivity contribution < 1.29 is 18.0 Å². The molecule has 3 aromatic heterocycles. The first-order valence-corrected chi connectivity index (χ1v) is 13.5. The summed E-state index contributed by atoms with van der Waals surface area (Å²) in [6.07, 6.45) is -3.13. The summed E-state index contributed by atoms with van der Waals surface area (Å²) in [6, 6.07) is 9.23. The predicted molar refractivity (Wildman–Crippen MR) is 152 cm³/mol. The number of carbonyl (C=O) groups excluding carboxylic acids is 1. The van der Waals surface area contributed by atoms with Crippen LogP contribution in [0.15, 0.2) is 36.4 Å². The fourth-order valence-corrected chi connectivity index (χ4v) is 5.08. The van der Waals surface area contributed by atoms with Gasteiger partial charge in [0.2, 0.25) is 5.95 Å². The fourth-order valence-electron chi connectivity index (χ4n) is 4.58. The molecule has 0 atom stereocenters. The molecule has 1 aliphatic rings. The second-order valence-electron chi connectivity index (χ2n) is 9.72. The van der Waals surface area contributed by atoms with Gasteiger partial charge in [0.05, 0.1) is 16.3 Å². The molecule has 0 spiro atoms. The molecule has 0 unspecified atom stereocenters. The highest BCUT2D eigenvalue weighted by Gasteiger charge is 2.40. The molecule has 1 saturated heterocycles. The molecule has 0 radical (unpaired) electrons. The summed E-state index contributed by atoms with van der Waals surface area (Å²) in [5.74, 6) is -0.937. The highest BCUT2D eigenvalue weighted by Crippen LogP contribution is 2.32. The largest absolute Gasteiger partial charge is 0.455 e. The Kier molecular flexibility index (Phi) is 8.20. The standard InChI is InChI=1S/C26H26Cl2F3N9O/c1-39-10-6-14(7-11-39)24-37-21-13-19(16-3-2-15(27)12-18(16)28)35-25(40(21)38-24)34-9-8-33-20-5-4-17(23(32)36-20)22(41)26(29,30)31/h2-5,12-14H,6-11H2,1H3,(H,34,35)(H3,32,33,36). The molecule has 1 aliphatic heterocycles. The summed E-state index contributed by atoms with van der Waals surface area (Å²) in [4.78, 5) is 27.2. The van der Waals surface area contributed by atoms with Crippen molar-refractivity contribution in [3.63, 3.8) is 0 Å². The zero-order valence-corrected chi connectivity index (χ0v) is 23.4. The number of likely N-dealkylation sites (tertiary alicyclic amines) is 1. The van der Waals surface area contributed by atoms with Crippen LogP contribution in [0.5, 0.6) is 0 Å². The fraction of sp³-hybridized carbons (Fsp3) is 0.346. The number of rotatable bonds is 8. The number of hydrogen-bond donors (Lipinski definition) is 3. The van der Waals surface area contributed by atoms with Gasteiger partial charge < -0.3 is 21.3 Å². The second kappa shape index (κ2) is 11.7. The smallest absolute Gasteiger partial charge is 0.383 e. The third-order valence-corrected chi connectivity index (χ3v) is 7.32. The van der Waals surface area contributed by atoms with Crippen molar-refractivity contribution in [1.82, 2.24) is 29.5 Å². The number of Topliss-reactive ketones (excluding diaryl/α,β-unsaturated/α-hetero) is 1. The van der Waals surface area contributed by atoms with E-state index < -0.39 is 23.3 Å². The van der Waals surface area contributed by atoms with Crippen molar-refractivity contribution in [3.8, 4) is 11.3 Å². The number of nitrogen functional groups attached to an aromatic ring is 1. The van der Waals surface area contributed by atoms with E-state index >= 15 is 0 Å². The Morgan fingerprint density at radius 1 is 1.05 bits per heavy atom. The minimum absolute atomic E-state index is 0.216. The van der Waals surface area contributed by atoms with E-state index in [2.05, 4.69) is 27.6 Å². The molecule has 0 saturated carbocycles. The summed E-state index contributed by atoms with van der Waals surface area (Å²) >= 11 is 12.6. The monoisotopic (exact) mass is 607 g/mol. The number of piperidine rings is 1. The number of hydrogen-bond acceptors (Lipinski definition) is 9. The van der Waals surface area contributed by atoms with Crippen molar-refractivity contribution >= 4 is 52.2 Å². The summed E-state index contributed by atoms with van der Waals surface area (Å²) in [6.45, 7) is 2.55. The number of ketones is 1. The second-order valence-corrected chi connectivity index (χ2v) is 10.6. The van der Waals surface area contributed by atoms with E-state index in [1.165, 1.54) is 6.07 Å². The van der Waals surface area contributed by atoms with Crippen molar-refractivity contribution in [2.24, 2.45) is 0 Å². The molecule has 15 heteroatoms. The molecule has 5 rings (SSSR count). The van der Waals surface area contributed by atoms with E-state index in [1.54, 1.807) is 22.7 Å². The molecule has 0 amide bonds. The van der Waals surface area contributed by atoms with E-state index in [0.717, 1.165) is 37.8 Å². The molecule has 0 aliphatic carbocycles. The van der Waals surface area contributed by atoms with Crippen LogP contribution < -0.4 is 16.4 Å². The Hall–Kier alpha value is -3.68. The minimum Gasteiger partial charge on any atom is -0.383 e. The Morgan fingerprint density at radius 2 is 1.78 bits per heavy atom. The van der Waals surface area contributed by atoms with Crippen LogP contribution in [0.25, 0.3) is 16.9 Å². The first-order chi connectivity index (χ1) is 19.5. The number of benzene rings is 1. The minimum atomic E-state index is -5.04. The number of halogens is 5. The highest BCUT2D eigenvalue weighted by molar-refractivity contribution is 6.36. The van der Waals surface area contributed by atoms with Crippen LogP contribution in [0.3, 0.4) is 0 Å². The first kappa shape index (κ1) is 28.8. The molecule has 1 fully saturated rings. The van der Waals surface area contributed by atoms with Gasteiger partial charge in [-0.2, -0.15) is 17.7 Å². The molecule has 10 nitrogen and oxygen atoms in total. The average molecular weight is 608 g/mol. The Morgan fingerprint density at radius 3 is 2.46 bits per heavy atom. The average Bonchev–Trinajstić information content (AvgIpc) is 3.35. The summed E-state index contributed by atoms with van der Waals surface area (Å²) in [5, 5.41) is 11.9. The van der Waals surface area contributed by atoms with Crippen LogP contribution in [0.2, 0.25) is 10.0 Å². The van der Waals surface area contributed by atoms with E-state index in [4.69, 9.17) is 44.0 Å². The number of anilines is 3. The lowest BCUT2D eigenvalue weighted by Gasteiger charge is -2.26. The van der Waals surface area contributed by atoms with Crippen LogP contribution in [0.4, 0.5) is 30.8 Å². The lowest BCUT2D eigenvalue weighted by atomic mass is 9.97. The van der Waals surface area contributed by atoms with Gasteiger partial charge in [-0.15, -0.1) is 5.10 Å². The van der Waals surface area contributed by atoms with E-state index in [-0.39, 0.29) is 11.7 Å². The number of carbonyl (C=O) groups is 1. The molecule has 4 N–H and O–H groups in total. The zero-order chi connectivity index (χ0) is 29.3. The van der Waals surface area contributed by atoms with E-state index in [0.29, 0.717) is 46.0 Å². The number of nitrogens with two attached hydrogens (primary N) is 1. The lowest BCUT2D eigenvalue weighted by Crippen LogP contribution is -2.29. The van der Waals surface area contributed by atoms with Gasteiger partial charge in [-0.3, -0.25) is 4.79 Å². The molecular weight excluding hydrogens is 582 g/mol. The Bertz CT molecular complexity index is 1590. The van der Waals surface area contributed by atoms with E-state index in [1.807, 2.05) is 6.07 Å². The normalized spacial score (nSPS) is 14.9. The van der Waals surface area contributed by atoms with Gasteiger partial charge in [0.25, 0.3) is 5.78 Å². The van der Waals surface area contributed by atoms with Crippen LogP contribution in [-0.2, 0) is 0 Å². The van der Waals surface area contributed by atoms with Crippen molar-refractivity contribution in [2.75, 3.05) is 49.6 Å². The van der Waals surface area contributed by atoms with Gasteiger partial charge in [-0.1, -0.05) is 23.2 Å². The number of fused-ring (bicyclic) bond motifs is 1. The van der Waals surface area contributed by atoms with Crippen molar-refractivity contribution in [1.29, 1.82) is 0 Å². The van der Waals surface area contributed by atoms with Gasteiger partial charge in [0.1, 0.15) is 11.6 Å². The molecular formula is C26H26Cl2F3N9O. The highest BCUT2D eigenvalue weighted by atomic mass is 35.5. The van der Waals surface area contributed by atoms with Crippen molar-refractivity contribution in [3.05, 3.63) is 57.8 Å². The SMILES string of the molecule is CN1CCC(c2nc3cc(-c4ccc(Cl)cc4Cl)nc(NCCNc4ccc(C(=O)C(F)(F)F)c(N)n4)n3n2)CC1. The van der Waals surface area contributed by atoms with Gasteiger partial charge in [-0.25, -0.2) is 15.0 Å². The maximum atomic E-state index is 12.7. The molecule has 1 aromatic carbocycles. The van der Waals surface area contributed by atoms with Gasteiger partial charge >= 0.3 is 6.18 Å². The van der Waals surface area contributed by atoms with Crippen LogP contribution >= 0.6 is 23.2 Å². The molecule has 4 aromatic rings. The number of nitrogens with one attached hydrogen (secondary N) is 2. The molecule has 4 heterocycles. The maximum Gasteiger partial charge on any atom is 0.455 e. The van der Waals surface area contributed by atoms with Crippen molar-refractivity contribution in [2.45, 2.75) is 24.9 Å². The summed E-state index contributed by atoms with van der Waals surface area (Å²) < 4.78 is 39.9. The molecule has 0 bridgehead atoms. The zero-order valence-electron chi connectivity index (χ0n) is 21.8. The lowest BCUT2D eigenvalue weighted by molar-refractivity contribution is -0.0884. The third-order valence-electron chi connectivity index (χ3n) is 6.77. The first-order valence-electron chi connectivity index (χ1n) is 12.8. The number of pyridine rings is 1. The summed E-state index contributed by atoms with van der Waals surface area (Å²) in [5.41, 5.74) is 6.77. The van der Waals surface area contributed by atoms with Gasteiger partial charge in [-0.05, 0) is 63.3 Å². The quantitative estimate of drug-likeness (QED) is 0.184. The maximum absolute atomic E-state index is 12.7. The van der Waals surface area contributed by atoms with Crippen LogP contribution in [0, 0.1) is 0 Å². The van der Waals surface area contributed by atoms with Crippen LogP contribution in [0.1, 0.15) is 34.9 Å². The van der Waals surface area contributed by atoms with Crippen LogP contribution in [-0.4, -0.2) is 74.7 Å². The Balaban J connectivity index is 1.36. The van der Waals surface area contributed by atoms with Gasteiger partial charge in [0, 0.05) is 35.7 Å². The predicted octanol–water partition coefficient (Wildman–Crippen LogP) is 5.15. The number of alkyl halides is 3. The number of aromatic nitrogens is 5. The molecule has 216 valence electrons. The van der Waals surface area contributed by atoms with Gasteiger partial charge in [0.15, 0.2) is 11.5 Å².